The zero-order valence-electron chi connectivity index (χ0n) is 40.4. The standard InChI is InChI=1S/C52H99NO7/c1-6-8-10-12-14-16-18-20-22-23-24-25-26-27-29-31-33-35-37-39-41-43-51(55)60-48(46-58-45-44-49(52(56)57)53(3,4)5)47-59-50(54)42-40-38-36-34-32-30-28-21-19-17-15-13-11-9-7-2/h23-24,48-49H,6-22,25-47H2,1-5H3/b24-23-. The molecular weight excluding hydrogens is 751 g/mol. The number of carbonyl (C=O) groups is 3. The van der Waals surface area contributed by atoms with Gasteiger partial charge in [-0.15, -0.1) is 0 Å². The summed E-state index contributed by atoms with van der Waals surface area (Å²) in [6.45, 7) is 4.70. The molecule has 2 unspecified atom stereocenters. The number of carbonyl (C=O) groups excluding carboxylic acids is 3. The molecule has 0 amide bonds. The highest BCUT2D eigenvalue weighted by atomic mass is 16.6. The lowest BCUT2D eigenvalue weighted by Crippen LogP contribution is -2.55. The lowest BCUT2D eigenvalue weighted by Gasteiger charge is -2.34. The number of ether oxygens (including phenoxy) is 3. The second-order valence-electron chi connectivity index (χ2n) is 18.8. The van der Waals surface area contributed by atoms with Gasteiger partial charge in [0.1, 0.15) is 12.6 Å². The van der Waals surface area contributed by atoms with Crippen LogP contribution in [0, 0.1) is 0 Å². The molecule has 354 valence electrons. The first-order chi connectivity index (χ1) is 29.1. The third-order valence-corrected chi connectivity index (χ3v) is 11.9. The van der Waals surface area contributed by atoms with E-state index in [4.69, 9.17) is 14.2 Å². The van der Waals surface area contributed by atoms with Crippen molar-refractivity contribution in [2.75, 3.05) is 41.0 Å². The highest BCUT2D eigenvalue weighted by molar-refractivity contribution is 5.70. The number of hydrogen-bond acceptors (Lipinski definition) is 7. The number of likely N-dealkylation sites (N-methyl/N-ethyl adjacent to an activating group) is 1. The number of quaternary nitrogens is 1. The zero-order valence-corrected chi connectivity index (χ0v) is 40.4. The number of nitrogens with zero attached hydrogens (tertiary/aromatic N) is 1. The van der Waals surface area contributed by atoms with Crippen LogP contribution in [0.1, 0.15) is 251 Å². The summed E-state index contributed by atoms with van der Waals surface area (Å²) < 4.78 is 17.3. The lowest BCUT2D eigenvalue weighted by molar-refractivity contribution is -0.889. The first kappa shape index (κ1) is 58.1. The molecule has 60 heavy (non-hydrogen) atoms. The fraction of sp³-hybridized carbons (Fsp3) is 0.904. The summed E-state index contributed by atoms with van der Waals surface area (Å²) in [4.78, 5) is 37.0. The Kier molecular flexibility index (Phi) is 42.3. The van der Waals surface area contributed by atoms with Crippen LogP contribution in [0.25, 0.3) is 0 Å². The van der Waals surface area contributed by atoms with E-state index < -0.39 is 18.1 Å². The largest absolute Gasteiger partial charge is 0.544 e. The Hall–Kier alpha value is -1.93. The molecule has 0 radical (unpaired) electrons. The number of hydrogen-bond donors (Lipinski definition) is 0. The van der Waals surface area contributed by atoms with E-state index in [0.29, 0.717) is 12.8 Å². The fourth-order valence-corrected chi connectivity index (χ4v) is 7.89. The van der Waals surface area contributed by atoms with Gasteiger partial charge in [0.15, 0.2) is 6.10 Å². The molecule has 0 spiro atoms. The van der Waals surface area contributed by atoms with Crippen LogP contribution in [0.2, 0.25) is 0 Å². The van der Waals surface area contributed by atoms with Gasteiger partial charge in [0, 0.05) is 19.3 Å². The Balaban J connectivity index is 4.20. The molecule has 0 saturated heterocycles. The fourth-order valence-electron chi connectivity index (χ4n) is 7.89. The number of carboxylic acid groups (broad SMARTS) is 1. The number of esters is 2. The molecule has 0 fully saturated rings. The van der Waals surface area contributed by atoms with Gasteiger partial charge in [-0.1, -0.05) is 206 Å². The SMILES string of the molecule is CCCCCCCCCC/C=C\CCCCCCCCCCCC(=O)OC(COCCC(C(=O)[O-])[N+](C)(C)C)COC(=O)CCCCCCCCCCCCCCCCC. The van der Waals surface area contributed by atoms with Crippen molar-refractivity contribution in [3.63, 3.8) is 0 Å². The Labute approximate surface area is 371 Å². The van der Waals surface area contributed by atoms with Gasteiger partial charge in [-0.25, -0.2) is 0 Å². The lowest BCUT2D eigenvalue weighted by atomic mass is 10.0. The molecule has 0 aromatic rings. The molecule has 0 aromatic carbocycles. The van der Waals surface area contributed by atoms with E-state index >= 15 is 0 Å². The smallest absolute Gasteiger partial charge is 0.306 e. The van der Waals surface area contributed by atoms with Gasteiger partial charge >= 0.3 is 11.9 Å². The maximum absolute atomic E-state index is 12.8. The number of carboxylic acids is 1. The van der Waals surface area contributed by atoms with Crippen LogP contribution in [0.5, 0.6) is 0 Å². The third-order valence-electron chi connectivity index (χ3n) is 11.9. The van der Waals surface area contributed by atoms with Crippen LogP contribution in [0.15, 0.2) is 12.2 Å². The molecule has 0 bridgehead atoms. The summed E-state index contributed by atoms with van der Waals surface area (Å²) in [6.07, 6.45) is 48.1. The summed E-state index contributed by atoms with van der Waals surface area (Å²) >= 11 is 0. The molecule has 0 rings (SSSR count). The van der Waals surface area contributed by atoms with Crippen LogP contribution in [-0.4, -0.2) is 75.5 Å². The van der Waals surface area contributed by atoms with Gasteiger partial charge in [0.25, 0.3) is 0 Å². The second-order valence-corrected chi connectivity index (χ2v) is 18.8. The van der Waals surface area contributed by atoms with Crippen molar-refractivity contribution in [2.45, 2.75) is 264 Å². The van der Waals surface area contributed by atoms with Gasteiger partial charge < -0.3 is 28.6 Å². The predicted octanol–water partition coefficient (Wildman–Crippen LogP) is 13.3. The minimum Gasteiger partial charge on any atom is -0.544 e. The van der Waals surface area contributed by atoms with Crippen molar-refractivity contribution in [1.82, 2.24) is 0 Å². The zero-order chi connectivity index (χ0) is 44.2. The maximum atomic E-state index is 12.8. The Bertz CT molecular complexity index is 993. The van der Waals surface area contributed by atoms with Crippen LogP contribution in [0.4, 0.5) is 0 Å². The van der Waals surface area contributed by atoms with E-state index in [2.05, 4.69) is 26.0 Å². The van der Waals surface area contributed by atoms with E-state index in [1.807, 2.05) is 21.1 Å². The summed E-state index contributed by atoms with van der Waals surface area (Å²) in [7, 11) is 5.42. The minimum atomic E-state index is -1.12. The number of allylic oxidation sites excluding steroid dienone is 2. The molecule has 0 heterocycles. The first-order valence-electron chi connectivity index (χ1n) is 25.7. The molecule has 2 atom stereocenters. The highest BCUT2D eigenvalue weighted by Gasteiger charge is 2.25. The van der Waals surface area contributed by atoms with Crippen molar-refractivity contribution in [3.8, 4) is 0 Å². The van der Waals surface area contributed by atoms with Gasteiger partial charge in [0.2, 0.25) is 0 Å². The second kappa shape index (κ2) is 43.7. The van der Waals surface area contributed by atoms with Gasteiger partial charge in [-0.05, 0) is 38.5 Å². The number of unbranched alkanes of at least 4 members (excludes halogenated alkanes) is 31. The van der Waals surface area contributed by atoms with Crippen LogP contribution in [-0.2, 0) is 28.6 Å². The van der Waals surface area contributed by atoms with Crippen LogP contribution in [0.3, 0.4) is 0 Å². The highest BCUT2D eigenvalue weighted by Crippen LogP contribution is 2.16. The average Bonchev–Trinajstić information content (AvgIpc) is 3.21. The Morgan fingerprint density at radius 3 is 1.20 bits per heavy atom. The molecule has 0 saturated carbocycles. The van der Waals surface area contributed by atoms with E-state index in [0.717, 1.165) is 38.5 Å². The molecule has 8 nitrogen and oxygen atoms in total. The normalized spacial score (nSPS) is 12.9. The van der Waals surface area contributed by atoms with Gasteiger partial charge in [-0.2, -0.15) is 0 Å². The summed E-state index contributed by atoms with van der Waals surface area (Å²) in [5.74, 6) is -1.72. The number of aliphatic carboxylic acids is 1. The molecule has 8 heteroatoms. The van der Waals surface area contributed by atoms with E-state index in [-0.39, 0.29) is 42.7 Å². The summed E-state index contributed by atoms with van der Waals surface area (Å²) in [6, 6.07) is -0.722. The van der Waals surface area contributed by atoms with Crippen LogP contribution >= 0.6 is 0 Å². The predicted molar refractivity (Wildman–Crippen MR) is 250 cm³/mol. The van der Waals surface area contributed by atoms with Crippen LogP contribution < -0.4 is 5.11 Å². The van der Waals surface area contributed by atoms with E-state index in [1.165, 1.54) is 180 Å². The maximum Gasteiger partial charge on any atom is 0.306 e. The molecule has 0 aliphatic heterocycles. The quantitative estimate of drug-likeness (QED) is 0.0260. The van der Waals surface area contributed by atoms with Crippen molar-refractivity contribution in [3.05, 3.63) is 12.2 Å². The van der Waals surface area contributed by atoms with E-state index in [9.17, 15) is 19.5 Å². The molecule has 0 N–H and O–H groups in total. The summed E-state index contributed by atoms with van der Waals surface area (Å²) in [5.41, 5.74) is 0. The Morgan fingerprint density at radius 1 is 0.483 bits per heavy atom. The Morgan fingerprint density at radius 2 is 0.833 bits per heavy atom. The molecular formula is C52H99NO7. The average molecular weight is 850 g/mol. The third kappa shape index (κ3) is 41.4. The monoisotopic (exact) mass is 850 g/mol. The van der Waals surface area contributed by atoms with Gasteiger partial charge in [-0.3, -0.25) is 9.59 Å². The van der Waals surface area contributed by atoms with Crippen molar-refractivity contribution < 1.29 is 38.2 Å². The van der Waals surface area contributed by atoms with Gasteiger partial charge in [0.05, 0.1) is 40.3 Å². The number of rotatable bonds is 47. The molecule has 0 aliphatic rings. The molecule has 0 aromatic heterocycles. The molecule has 0 aliphatic carbocycles. The topological polar surface area (TPSA) is 102 Å². The van der Waals surface area contributed by atoms with E-state index in [1.54, 1.807) is 0 Å². The van der Waals surface area contributed by atoms with Crippen molar-refractivity contribution >= 4 is 17.9 Å². The summed E-state index contributed by atoms with van der Waals surface area (Å²) in [5, 5.41) is 11.7. The van der Waals surface area contributed by atoms with Crippen molar-refractivity contribution in [2.24, 2.45) is 0 Å². The minimum absolute atomic E-state index is 0.0461. The van der Waals surface area contributed by atoms with Crippen molar-refractivity contribution in [1.29, 1.82) is 0 Å². The first-order valence-corrected chi connectivity index (χ1v) is 25.7.